The summed E-state index contributed by atoms with van der Waals surface area (Å²) in [5, 5.41) is 9.57. The molecule has 1 aliphatic heterocycles. The summed E-state index contributed by atoms with van der Waals surface area (Å²) in [4.78, 5) is 15.9. The summed E-state index contributed by atoms with van der Waals surface area (Å²) in [6, 6.07) is 0. The Kier molecular flexibility index (Phi) is 5.10. The summed E-state index contributed by atoms with van der Waals surface area (Å²) in [7, 11) is 0. The number of hydrogen-bond acceptors (Lipinski definition) is 3. The maximum atomic E-state index is 13.9. The van der Waals surface area contributed by atoms with E-state index in [1.165, 1.54) is 24.8 Å². The Labute approximate surface area is 175 Å². The molecule has 4 atom stereocenters. The molecular weight excluding hydrogens is 360 g/mol. The minimum Gasteiger partial charge on any atom is -0.394 e. The Morgan fingerprint density at radius 1 is 1.14 bits per heavy atom. The SMILES string of the molecule is C=C(/C=C\C=C/C)[C@]12CC3CC(C(=O)N4CCC(N)(CO)CC4)(C[C@](C)(C3)C1)C2. The van der Waals surface area contributed by atoms with E-state index < -0.39 is 5.54 Å². The van der Waals surface area contributed by atoms with Crippen LogP contribution in [0.3, 0.4) is 0 Å². The molecule has 5 aliphatic rings. The molecule has 3 N–H and O–H groups in total. The first-order valence-electron chi connectivity index (χ1n) is 11.4. The fourth-order valence-electron chi connectivity index (χ4n) is 7.63. The number of nitrogens with two attached hydrogens (primary N) is 1. The molecule has 4 nitrogen and oxygen atoms in total. The van der Waals surface area contributed by atoms with E-state index in [1.54, 1.807) is 0 Å². The summed E-state index contributed by atoms with van der Waals surface area (Å²) >= 11 is 0. The number of allylic oxidation sites excluding steroid dienone is 5. The van der Waals surface area contributed by atoms with Crippen LogP contribution in [0.5, 0.6) is 0 Å². The minimum atomic E-state index is -0.517. The molecule has 2 unspecified atom stereocenters. The van der Waals surface area contributed by atoms with Crippen molar-refractivity contribution in [3.05, 3.63) is 36.5 Å². The third-order valence-electron chi connectivity index (χ3n) is 8.44. The molecule has 4 aliphatic carbocycles. The van der Waals surface area contributed by atoms with Gasteiger partial charge in [0.05, 0.1) is 12.0 Å². The summed E-state index contributed by atoms with van der Waals surface area (Å²) in [5.74, 6) is 0.977. The predicted octanol–water partition coefficient (Wildman–Crippen LogP) is 3.96. The van der Waals surface area contributed by atoms with E-state index in [9.17, 15) is 9.90 Å². The highest BCUT2D eigenvalue weighted by molar-refractivity contribution is 5.84. The lowest BCUT2D eigenvalue weighted by Crippen LogP contribution is -2.63. The third kappa shape index (κ3) is 3.53. The fourth-order valence-corrected chi connectivity index (χ4v) is 7.63. The van der Waals surface area contributed by atoms with Gasteiger partial charge < -0.3 is 15.7 Å². The van der Waals surface area contributed by atoms with Crippen molar-refractivity contribution in [1.82, 2.24) is 4.90 Å². The lowest BCUT2D eigenvalue weighted by molar-refractivity contribution is -0.177. The van der Waals surface area contributed by atoms with Crippen molar-refractivity contribution >= 4 is 5.91 Å². The van der Waals surface area contributed by atoms with Gasteiger partial charge in [-0.1, -0.05) is 37.8 Å². The van der Waals surface area contributed by atoms with Gasteiger partial charge in [0.25, 0.3) is 0 Å². The molecule has 1 heterocycles. The standard InChI is InChI=1S/C25H38N2O2/c1-4-5-6-7-19(2)23-13-20-12-22(3,15-23)16-24(14-20,17-23)21(29)27-10-8-25(26,18-28)9-11-27/h4-7,20,28H,2,8-18,26H2,1,3H3/b5-4-,7-6-/t20?,22-,23-,24?/m1/s1. The number of hydrogen-bond donors (Lipinski definition) is 2. The van der Waals surface area contributed by atoms with E-state index in [1.807, 2.05) is 13.0 Å². The third-order valence-corrected chi connectivity index (χ3v) is 8.44. The molecule has 5 fully saturated rings. The van der Waals surface area contributed by atoms with Crippen molar-refractivity contribution in [3.8, 4) is 0 Å². The lowest BCUT2D eigenvalue weighted by atomic mass is 9.38. The highest BCUT2D eigenvalue weighted by Gasteiger charge is 2.65. The van der Waals surface area contributed by atoms with E-state index in [4.69, 9.17) is 5.73 Å². The molecule has 1 amide bonds. The number of carbonyl (C=O) groups is 1. The van der Waals surface area contributed by atoms with Crippen LogP contribution in [-0.2, 0) is 4.79 Å². The Bertz CT molecular complexity index is 748. The zero-order valence-corrected chi connectivity index (χ0v) is 18.3. The number of aliphatic hydroxyl groups excluding tert-OH is 1. The van der Waals surface area contributed by atoms with E-state index >= 15 is 0 Å². The molecule has 4 saturated carbocycles. The van der Waals surface area contributed by atoms with Gasteiger partial charge in [-0.2, -0.15) is 0 Å². The highest BCUT2D eigenvalue weighted by atomic mass is 16.3. The highest BCUT2D eigenvalue weighted by Crippen LogP contribution is 2.71. The van der Waals surface area contributed by atoms with Gasteiger partial charge in [-0.3, -0.25) is 4.79 Å². The zero-order valence-electron chi connectivity index (χ0n) is 18.3. The minimum absolute atomic E-state index is 0.00178. The monoisotopic (exact) mass is 398 g/mol. The van der Waals surface area contributed by atoms with Gasteiger partial charge in [0.15, 0.2) is 0 Å². The topological polar surface area (TPSA) is 66.6 Å². The van der Waals surface area contributed by atoms with E-state index in [-0.39, 0.29) is 22.9 Å². The van der Waals surface area contributed by atoms with E-state index in [2.05, 4.69) is 36.6 Å². The molecule has 0 aromatic rings. The second kappa shape index (κ2) is 7.09. The van der Waals surface area contributed by atoms with Crippen LogP contribution in [-0.4, -0.2) is 41.1 Å². The summed E-state index contributed by atoms with van der Waals surface area (Å²) < 4.78 is 0. The van der Waals surface area contributed by atoms with E-state index in [0.717, 1.165) is 19.3 Å². The largest absolute Gasteiger partial charge is 0.394 e. The summed E-state index contributed by atoms with van der Waals surface area (Å²) in [6.45, 7) is 10.3. The molecule has 0 radical (unpaired) electrons. The lowest BCUT2D eigenvalue weighted by Gasteiger charge is -2.66. The van der Waals surface area contributed by atoms with Crippen molar-refractivity contribution in [2.24, 2.45) is 27.9 Å². The van der Waals surface area contributed by atoms with Crippen LogP contribution in [0.15, 0.2) is 36.5 Å². The molecule has 0 spiro atoms. The second-order valence-corrected chi connectivity index (χ2v) is 11.1. The van der Waals surface area contributed by atoms with Crippen molar-refractivity contribution in [1.29, 1.82) is 0 Å². The first kappa shape index (κ1) is 20.9. The first-order chi connectivity index (χ1) is 13.7. The molecule has 4 bridgehead atoms. The van der Waals surface area contributed by atoms with Gasteiger partial charge in [-0.25, -0.2) is 0 Å². The number of carbonyl (C=O) groups excluding carboxylic acids is 1. The number of rotatable bonds is 5. The quantitative estimate of drug-likeness (QED) is 0.689. The number of nitrogens with zero attached hydrogens (tertiary/aromatic N) is 1. The molecule has 0 aromatic heterocycles. The van der Waals surface area contributed by atoms with Crippen molar-refractivity contribution in [2.45, 2.75) is 70.8 Å². The maximum Gasteiger partial charge on any atom is 0.228 e. The second-order valence-electron chi connectivity index (χ2n) is 11.1. The average molecular weight is 399 g/mol. The zero-order chi connectivity index (χ0) is 20.9. The molecule has 29 heavy (non-hydrogen) atoms. The number of amides is 1. The molecule has 5 rings (SSSR count). The van der Waals surface area contributed by atoms with Crippen molar-refractivity contribution in [2.75, 3.05) is 19.7 Å². The smallest absolute Gasteiger partial charge is 0.228 e. The predicted molar refractivity (Wildman–Crippen MR) is 117 cm³/mol. The van der Waals surface area contributed by atoms with Crippen molar-refractivity contribution < 1.29 is 9.90 Å². The van der Waals surface area contributed by atoms with Gasteiger partial charge in [0, 0.05) is 18.6 Å². The first-order valence-corrected chi connectivity index (χ1v) is 11.4. The van der Waals surface area contributed by atoms with Crippen LogP contribution in [0.25, 0.3) is 0 Å². The Balaban J connectivity index is 1.59. The van der Waals surface area contributed by atoms with Crippen LogP contribution in [0.1, 0.15) is 65.2 Å². The van der Waals surface area contributed by atoms with Gasteiger partial charge in [0.1, 0.15) is 0 Å². The van der Waals surface area contributed by atoms with E-state index in [0.29, 0.717) is 37.8 Å². The van der Waals surface area contributed by atoms with Gasteiger partial charge in [0.2, 0.25) is 5.91 Å². The van der Waals surface area contributed by atoms with Crippen LogP contribution >= 0.6 is 0 Å². The average Bonchev–Trinajstić information content (AvgIpc) is 2.66. The molecule has 160 valence electrons. The Morgan fingerprint density at radius 2 is 1.79 bits per heavy atom. The van der Waals surface area contributed by atoms with Crippen LogP contribution < -0.4 is 5.73 Å². The van der Waals surface area contributed by atoms with Gasteiger partial charge in [-0.05, 0) is 80.6 Å². The Morgan fingerprint density at radius 3 is 2.41 bits per heavy atom. The van der Waals surface area contributed by atoms with Gasteiger partial charge >= 0.3 is 0 Å². The number of aliphatic hydroxyl groups is 1. The fraction of sp³-hybridized carbons (Fsp3) is 0.720. The normalized spacial score (nSPS) is 40.8. The van der Waals surface area contributed by atoms with Crippen LogP contribution in [0.4, 0.5) is 0 Å². The molecule has 0 aromatic carbocycles. The van der Waals surface area contributed by atoms with Crippen LogP contribution in [0, 0.1) is 22.2 Å². The maximum absolute atomic E-state index is 13.9. The van der Waals surface area contributed by atoms with Crippen molar-refractivity contribution in [3.63, 3.8) is 0 Å². The molecule has 4 heteroatoms. The number of likely N-dealkylation sites (tertiary alicyclic amines) is 1. The summed E-state index contributed by atoms with van der Waals surface area (Å²) in [5.41, 5.74) is 7.02. The summed E-state index contributed by atoms with van der Waals surface area (Å²) in [6.07, 6.45) is 16.4. The Hall–Kier alpha value is -1.39. The molecule has 1 saturated heterocycles. The number of piperidine rings is 1. The molecular formula is C25H38N2O2. The van der Waals surface area contributed by atoms with Gasteiger partial charge in [-0.15, -0.1) is 0 Å². The van der Waals surface area contributed by atoms with Crippen LogP contribution in [0.2, 0.25) is 0 Å².